The Morgan fingerprint density at radius 3 is 2.71 bits per heavy atom. The zero-order chi connectivity index (χ0) is 20.1. The summed E-state index contributed by atoms with van der Waals surface area (Å²) in [5.41, 5.74) is 3.41. The molecule has 0 aliphatic carbocycles. The third-order valence-corrected chi connectivity index (χ3v) is 3.79. The average molecular weight is 382 g/mol. The van der Waals surface area contributed by atoms with Crippen molar-refractivity contribution in [1.29, 1.82) is 5.41 Å². The van der Waals surface area contributed by atoms with E-state index in [2.05, 4.69) is 25.3 Å². The van der Waals surface area contributed by atoms with Gasteiger partial charge in [0.25, 0.3) is 6.43 Å². The number of rotatable bonds is 7. The monoisotopic (exact) mass is 382 g/mol. The molecule has 1 aromatic carbocycles. The van der Waals surface area contributed by atoms with Crippen LogP contribution in [0.5, 0.6) is 0 Å². The van der Waals surface area contributed by atoms with Gasteiger partial charge in [0.2, 0.25) is 6.41 Å². The second-order valence-corrected chi connectivity index (χ2v) is 5.91. The van der Waals surface area contributed by atoms with Gasteiger partial charge < -0.3 is 10.3 Å². The normalized spacial score (nSPS) is 11.1. The van der Waals surface area contributed by atoms with Crippen LogP contribution in [0.25, 0.3) is 28.7 Å². The number of aromatic amines is 1. The molecular weight excluding hydrogens is 366 g/mol. The second kappa shape index (κ2) is 8.30. The minimum Gasteiger partial charge on any atom is -0.337 e. The van der Waals surface area contributed by atoms with Gasteiger partial charge in [0, 0.05) is 11.3 Å². The molecular formula is C19H16F2N6O. The van der Waals surface area contributed by atoms with Crippen LogP contribution >= 0.6 is 0 Å². The van der Waals surface area contributed by atoms with E-state index in [-0.39, 0.29) is 0 Å². The van der Waals surface area contributed by atoms with Crippen molar-refractivity contribution in [2.45, 2.75) is 13.3 Å². The molecule has 0 radical (unpaired) electrons. The van der Waals surface area contributed by atoms with E-state index in [9.17, 15) is 13.6 Å². The number of aryl methyl sites for hydroxylation is 1. The fourth-order valence-corrected chi connectivity index (χ4v) is 2.54. The molecule has 2 heterocycles. The quantitative estimate of drug-likeness (QED) is 0.428. The van der Waals surface area contributed by atoms with Crippen LogP contribution in [0.4, 0.5) is 14.5 Å². The molecule has 28 heavy (non-hydrogen) atoms. The number of allylic oxidation sites excluding steroid dienone is 1. The van der Waals surface area contributed by atoms with Crippen molar-refractivity contribution in [3.05, 3.63) is 54.3 Å². The molecule has 0 unspecified atom stereocenters. The molecule has 2 aromatic heterocycles. The van der Waals surface area contributed by atoms with Gasteiger partial charge in [0.05, 0.1) is 29.0 Å². The van der Waals surface area contributed by atoms with E-state index in [0.717, 1.165) is 17.2 Å². The molecule has 0 spiro atoms. The van der Waals surface area contributed by atoms with Crippen LogP contribution in [0.3, 0.4) is 0 Å². The summed E-state index contributed by atoms with van der Waals surface area (Å²) in [5, 5.41) is 9.75. The third kappa shape index (κ3) is 4.50. The lowest BCUT2D eigenvalue weighted by Gasteiger charge is -2.07. The number of hydrogen-bond acceptors (Lipinski definition) is 5. The van der Waals surface area contributed by atoms with Gasteiger partial charge >= 0.3 is 0 Å². The Labute approximate surface area is 159 Å². The number of imidazole rings is 1. The molecule has 0 atom stereocenters. The molecule has 7 nitrogen and oxygen atoms in total. The van der Waals surface area contributed by atoms with E-state index in [1.807, 2.05) is 19.1 Å². The van der Waals surface area contributed by atoms with E-state index >= 15 is 0 Å². The highest BCUT2D eigenvalue weighted by Crippen LogP contribution is 2.25. The van der Waals surface area contributed by atoms with Crippen molar-refractivity contribution in [3.63, 3.8) is 0 Å². The van der Waals surface area contributed by atoms with Gasteiger partial charge in [0.1, 0.15) is 12.2 Å². The number of anilines is 1. The summed E-state index contributed by atoms with van der Waals surface area (Å²) in [7, 11) is 0. The van der Waals surface area contributed by atoms with Gasteiger partial charge in [-0.25, -0.2) is 23.7 Å². The molecule has 0 fully saturated rings. The number of benzene rings is 1. The SMILES string of the molecule is Cc1cc(NC=O)cc(-c2cc(-c3cnc(/C=C\C(=N)C(F)F)[nH]3)ncn2)c1. The summed E-state index contributed by atoms with van der Waals surface area (Å²) in [6.45, 7) is 1.91. The van der Waals surface area contributed by atoms with Crippen LogP contribution in [0.1, 0.15) is 11.4 Å². The van der Waals surface area contributed by atoms with Crippen molar-refractivity contribution in [1.82, 2.24) is 19.9 Å². The van der Waals surface area contributed by atoms with Crippen molar-refractivity contribution in [2.75, 3.05) is 5.32 Å². The smallest absolute Gasteiger partial charge is 0.279 e. The minimum absolute atomic E-state index is 0.327. The molecule has 0 aliphatic heterocycles. The summed E-state index contributed by atoms with van der Waals surface area (Å²) in [5.74, 6) is 0.327. The van der Waals surface area contributed by atoms with E-state index < -0.39 is 12.1 Å². The van der Waals surface area contributed by atoms with Crippen molar-refractivity contribution >= 4 is 23.9 Å². The number of H-pyrrole nitrogens is 1. The van der Waals surface area contributed by atoms with E-state index in [4.69, 9.17) is 5.41 Å². The first-order valence-electron chi connectivity index (χ1n) is 8.20. The van der Waals surface area contributed by atoms with Gasteiger partial charge in [-0.05, 0) is 48.9 Å². The Morgan fingerprint density at radius 2 is 1.96 bits per heavy atom. The maximum Gasteiger partial charge on any atom is 0.279 e. The van der Waals surface area contributed by atoms with Crippen LogP contribution < -0.4 is 5.32 Å². The van der Waals surface area contributed by atoms with Crippen LogP contribution in [0.2, 0.25) is 0 Å². The highest BCUT2D eigenvalue weighted by molar-refractivity contribution is 5.97. The lowest BCUT2D eigenvalue weighted by molar-refractivity contribution is -0.105. The van der Waals surface area contributed by atoms with E-state index in [0.29, 0.717) is 35.0 Å². The van der Waals surface area contributed by atoms with Gasteiger partial charge in [-0.1, -0.05) is 0 Å². The first-order chi connectivity index (χ1) is 13.5. The van der Waals surface area contributed by atoms with Crippen molar-refractivity contribution in [3.8, 4) is 22.6 Å². The standard InChI is InChI=1S/C19H16F2N6O/c1-11-4-12(6-13(5-11)26-10-28)15-7-16(25-9-24-15)17-8-23-18(27-17)3-2-14(22)19(20)21/h2-10,19,22H,1H3,(H,23,27)(H,26,28)/b3-2-,22-14?. The van der Waals surface area contributed by atoms with Crippen LogP contribution in [-0.4, -0.2) is 38.5 Å². The molecule has 3 N–H and O–H groups in total. The third-order valence-electron chi connectivity index (χ3n) is 3.79. The number of alkyl halides is 2. The lowest BCUT2D eigenvalue weighted by Crippen LogP contribution is -2.03. The number of halogens is 2. The van der Waals surface area contributed by atoms with Crippen molar-refractivity contribution < 1.29 is 13.6 Å². The fraction of sp³-hybridized carbons (Fsp3) is 0.105. The molecule has 142 valence electrons. The Hall–Kier alpha value is -3.75. The predicted molar refractivity (Wildman–Crippen MR) is 102 cm³/mol. The number of hydrogen-bond donors (Lipinski definition) is 3. The lowest BCUT2D eigenvalue weighted by atomic mass is 10.1. The zero-order valence-electron chi connectivity index (χ0n) is 14.8. The molecule has 0 saturated heterocycles. The average Bonchev–Trinajstić information content (AvgIpc) is 3.15. The Morgan fingerprint density at radius 1 is 1.18 bits per heavy atom. The van der Waals surface area contributed by atoms with Crippen LogP contribution in [-0.2, 0) is 4.79 Å². The maximum absolute atomic E-state index is 12.4. The minimum atomic E-state index is -2.83. The fourth-order valence-electron chi connectivity index (χ4n) is 2.54. The summed E-state index contributed by atoms with van der Waals surface area (Å²) in [6.07, 6.45) is 3.00. The zero-order valence-corrected chi connectivity index (χ0v) is 14.8. The molecule has 3 aromatic rings. The Balaban J connectivity index is 1.88. The van der Waals surface area contributed by atoms with Crippen LogP contribution in [0.15, 0.2) is 42.9 Å². The van der Waals surface area contributed by atoms with Crippen molar-refractivity contribution in [2.24, 2.45) is 0 Å². The number of carbonyl (C=O) groups is 1. The topological polar surface area (TPSA) is 107 Å². The van der Waals surface area contributed by atoms with Gasteiger partial charge in [-0.15, -0.1) is 0 Å². The van der Waals surface area contributed by atoms with Gasteiger partial charge in [-0.2, -0.15) is 0 Å². The summed E-state index contributed by atoms with van der Waals surface area (Å²) in [4.78, 5) is 26.2. The number of nitrogens with zero attached hydrogens (tertiary/aromatic N) is 3. The van der Waals surface area contributed by atoms with Gasteiger partial charge in [-0.3, -0.25) is 10.2 Å². The van der Waals surface area contributed by atoms with E-state index in [1.54, 1.807) is 12.1 Å². The maximum atomic E-state index is 12.4. The van der Waals surface area contributed by atoms with E-state index in [1.165, 1.54) is 18.6 Å². The molecule has 9 heteroatoms. The first-order valence-corrected chi connectivity index (χ1v) is 8.20. The molecule has 0 bridgehead atoms. The molecule has 0 aliphatic rings. The highest BCUT2D eigenvalue weighted by atomic mass is 19.3. The first kappa shape index (κ1) is 19.0. The largest absolute Gasteiger partial charge is 0.337 e. The summed E-state index contributed by atoms with van der Waals surface area (Å²) in [6, 6.07) is 7.32. The Kier molecular flexibility index (Phi) is 5.64. The molecule has 1 amide bonds. The number of aromatic nitrogens is 4. The predicted octanol–water partition coefficient (Wildman–Crippen LogP) is 3.71. The summed E-state index contributed by atoms with van der Waals surface area (Å²) < 4.78 is 24.7. The van der Waals surface area contributed by atoms with Crippen LogP contribution in [0, 0.1) is 12.3 Å². The second-order valence-electron chi connectivity index (χ2n) is 5.91. The van der Waals surface area contributed by atoms with Gasteiger partial charge in [0.15, 0.2) is 0 Å². The Bertz CT molecular complexity index is 1040. The molecule has 3 rings (SSSR count). The highest BCUT2D eigenvalue weighted by Gasteiger charge is 2.09. The molecule has 0 saturated carbocycles. The number of amides is 1. The number of nitrogens with one attached hydrogen (secondary N) is 3. The number of carbonyl (C=O) groups excluding carboxylic acids is 1. The summed E-state index contributed by atoms with van der Waals surface area (Å²) >= 11 is 0.